The summed E-state index contributed by atoms with van der Waals surface area (Å²) in [4.78, 5) is 25.2. The molecule has 4 aliphatic carbocycles. The number of carbonyl (C=O) groups is 2. The van der Waals surface area contributed by atoms with Crippen molar-refractivity contribution in [2.45, 2.75) is 108 Å². The van der Waals surface area contributed by atoms with Crippen LogP contribution in [0.2, 0.25) is 0 Å². The first-order valence-electron chi connectivity index (χ1n) is 13.8. The predicted octanol–water partition coefficient (Wildman–Crippen LogP) is 0.455. The molecule has 210 valence electrons. The number of hydrogen-bond donors (Lipinski definition) is 6. The number of ketones is 1. The van der Waals surface area contributed by atoms with Crippen LogP contribution in [0.4, 0.5) is 0 Å². The molecule has 4 saturated carbocycles. The van der Waals surface area contributed by atoms with E-state index in [0.717, 1.165) is 32.1 Å². The summed E-state index contributed by atoms with van der Waals surface area (Å²) >= 11 is 0. The maximum atomic E-state index is 13.8. The zero-order valence-electron chi connectivity index (χ0n) is 21.6. The monoisotopic (exact) mass is 526 g/mol. The van der Waals surface area contributed by atoms with Gasteiger partial charge in [0.2, 0.25) is 0 Å². The van der Waals surface area contributed by atoms with Gasteiger partial charge in [-0.3, -0.25) is 4.79 Å². The Kier molecular flexibility index (Phi) is 7.26. The summed E-state index contributed by atoms with van der Waals surface area (Å²) in [7, 11) is 0. The van der Waals surface area contributed by atoms with Gasteiger partial charge < -0.3 is 40.1 Å². The lowest BCUT2D eigenvalue weighted by atomic mass is 9.44. The van der Waals surface area contributed by atoms with Gasteiger partial charge in [-0.1, -0.05) is 13.8 Å². The Hall–Kier alpha value is -1.14. The van der Waals surface area contributed by atoms with E-state index < -0.39 is 42.8 Å². The molecule has 0 aromatic carbocycles. The number of carboxylic acid groups (broad SMARTS) is 1. The van der Waals surface area contributed by atoms with Crippen molar-refractivity contribution >= 4 is 11.8 Å². The summed E-state index contributed by atoms with van der Waals surface area (Å²) < 4.78 is 11.3. The average molecular weight is 527 g/mol. The van der Waals surface area contributed by atoms with E-state index in [1.807, 2.05) is 0 Å². The molecule has 0 unspecified atom stereocenters. The van der Waals surface area contributed by atoms with E-state index in [2.05, 4.69) is 13.8 Å². The van der Waals surface area contributed by atoms with E-state index in [-0.39, 0.29) is 53.0 Å². The normalized spacial score (nSPS) is 52.6. The molecule has 0 aromatic rings. The lowest BCUT2D eigenvalue weighted by molar-refractivity contribution is -0.309. The van der Waals surface area contributed by atoms with Crippen LogP contribution in [-0.2, 0) is 19.1 Å². The molecule has 1 heterocycles. The Morgan fingerprint density at radius 1 is 1.05 bits per heavy atom. The molecule has 1 aliphatic heterocycles. The standard InChI is InChI=1S/C27H42O10/c1-26-8-7-13(36-25-22(33)20(31)21(32)23(37-25)24(34)35)9-12(26)3-4-14-15-5-6-16(18(30)11-28)27(15,2)10-17(29)19(14)26/h12-16,18-23,25,28,30-33H,3-11H2,1-2H3,(H,34,35)/t12-,13-,14-,15+,16-,18+,19+,20+,21+,22-,23+,25-,26+,27+/m1/s1. The molecular weight excluding hydrogens is 484 g/mol. The van der Waals surface area contributed by atoms with Gasteiger partial charge in [-0.15, -0.1) is 0 Å². The number of hydrogen-bond acceptors (Lipinski definition) is 9. The van der Waals surface area contributed by atoms with Crippen LogP contribution < -0.4 is 0 Å². The topological polar surface area (TPSA) is 174 Å². The fourth-order valence-corrected chi connectivity index (χ4v) is 9.31. The highest BCUT2D eigenvalue weighted by Crippen LogP contribution is 2.67. The van der Waals surface area contributed by atoms with Crippen LogP contribution in [0.25, 0.3) is 0 Å². The smallest absolute Gasteiger partial charge is 0.335 e. The number of aliphatic carboxylic acids is 1. The number of aliphatic hydroxyl groups excluding tert-OH is 5. The van der Waals surface area contributed by atoms with Crippen LogP contribution in [0.5, 0.6) is 0 Å². The molecule has 5 aliphatic rings. The second-order valence-electron chi connectivity index (χ2n) is 12.9. The SMILES string of the molecule is C[C@]12CC[C@@H](O[C@@H]3O[C@H](C(=O)O)[C@@H](O)[C@H](O)[C@H]3O)C[C@H]1CC[C@H]1[C@H]2C(=O)C[C@]2(C)[C@@H]([C@@H](O)CO)CC[C@@H]12. The molecule has 0 bridgehead atoms. The third-order valence-corrected chi connectivity index (χ3v) is 11.2. The first kappa shape index (κ1) is 27.4. The molecule has 10 heteroatoms. The second-order valence-corrected chi connectivity index (χ2v) is 12.9. The highest BCUT2D eigenvalue weighted by molar-refractivity contribution is 5.84. The number of carbonyl (C=O) groups excluding carboxylic acids is 1. The first-order chi connectivity index (χ1) is 17.4. The summed E-state index contributed by atoms with van der Waals surface area (Å²) in [5, 5.41) is 59.8. The number of fused-ring (bicyclic) bond motifs is 5. The third-order valence-electron chi connectivity index (χ3n) is 11.2. The Labute approximate surface area is 217 Å². The van der Waals surface area contributed by atoms with Gasteiger partial charge in [-0.05, 0) is 79.4 Å². The van der Waals surface area contributed by atoms with Gasteiger partial charge in [-0.25, -0.2) is 4.79 Å². The second kappa shape index (κ2) is 9.80. The summed E-state index contributed by atoms with van der Waals surface area (Å²) in [6, 6.07) is 0. The van der Waals surface area contributed by atoms with Gasteiger partial charge in [0.05, 0.1) is 18.8 Å². The van der Waals surface area contributed by atoms with Gasteiger partial charge in [0, 0.05) is 12.3 Å². The molecule has 6 N–H and O–H groups in total. The zero-order chi connectivity index (χ0) is 26.9. The lowest BCUT2D eigenvalue weighted by Crippen LogP contribution is -2.61. The number of carboxylic acids is 1. The Bertz CT molecular complexity index is 896. The maximum absolute atomic E-state index is 13.8. The highest BCUT2D eigenvalue weighted by Gasteiger charge is 2.64. The van der Waals surface area contributed by atoms with Crippen molar-refractivity contribution < 1.29 is 49.7 Å². The summed E-state index contributed by atoms with van der Waals surface area (Å²) in [6.45, 7) is 4.07. The van der Waals surface area contributed by atoms with Crippen molar-refractivity contribution in [3.05, 3.63) is 0 Å². The number of rotatable bonds is 5. The number of ether oxygens (including phenoxy) is 2. The molecule has 5 rings (SSSR count). The molecule has 10 nitrogen and oxygen atoms in total. The number of aliphatic hydroxyl groups is 5. The van der Waals surface area contributed by atoms with E-state index in [9.17, 15) is 40.2 Å². The van der Waals surface area contributed by atoms with Crippen molar-refractivity contribution in [1.29, 1.82) is 0 Å². The van der Waals surface area contributed by atoms with Crippen LogP contribution in [0.15, 0.2) is 0 Å². The molecule has 37 heavy (non-hydrogen) atoms. The van der Waals surface area contributed by atoms with Crippen molar-refractivity contribution in [2.75, 3.05) is 6.61 Å². The van der Waals surface area contributed by atoms with Gasteiger partial charge in [0.15, 0.2) is 12.4 Å². The molecule has 14 atom stereocenters. The van der Waals surface area contributed by atoms with Gasteiger partial charge in [0.25, 0.3) is 0 Å². The zero-order valence-corrected chi connectivity index (χ0v) is 21.6. The minimum absolute atomic E-state index is 0.0554. The van der Waals surface area contributed by atoms with Crippen LogP contribution in [0, 0.1) is 40.4 Å². The lowest BCUT2D eigenvalue weighted by Gasteiger charge is -2.60. The fraction of sp³-hybridized carbons (Fsp3) is 0.926. The Morgan fingerprint density at radius 3 is 2.46 bits per heavy atom. The molecule has 0 amide bonds. The van der Waals surface area contributed by atoms with E-state index in [1.54, 1.807) is 0 Å². The van der Waals surface area contributed by atoms with E-state index in [0.29, 0.717) is 25.2 Å². The minimum Gasteiger partial charge on any atom is -0.479 e. The van der Waals surface area contributed by atoms with Crippen molar-refractivity contribution in [3.8, 4) is 0 Å². The third kappa shape index (κ3) is 4.27. The van der Waals surface area contributed by atoms with Crippen molar-refractivity contribution in [1.82, 2.24) is 0 Å². The molecule has 5 fully saturated rings. The Morgan fingerprint density at radius 2 is 1.78 bits per heavy atom. The van der Waals surface area contributed by atoms with Crippen molar-refractivity contribution in [2.24, 2.45) is 40.4 Å². The average Bonchev–Trinajstić information content (AvgIpc) is 3.19. The van der Waals surface area contributed by atoms with Gasteiger partial charge >= 0.3 is 5.97 Å². The first-order valence-corrected chi connectivity index (χ1v) is 13.8. The summed E-state index contributed by atoms with van der Waals surface area (Å²) in [5.74, 6) is -0.470. The highest BCUT2D eigenvalue weighted by atomic mass is 16.7. The van der Waals surface area contributed by atoms with Crippen LogP contribution in [0.3, 0.4) is 0 Å². The van der Waals surface area contributed by atoms with Crippen LogP contribution in [0.1, 0.15) is 65.2 Å². The Balaban J connectivity index is 1.29. The summed E-state index contributed by atoms with van der Waals surface area (Å²) in [5.41, 5.74) is -0.481. The molecule has 0 radical (unpaired) electrons. The molecule has 1 saturated heterocycles. The molecule has 0 spiro atoms. The van der Waals surface area contributed by atoms with Crippen LogP contribution in [-0.4, -0.2) is 91.9 Å². The quantitative estimate of drug-likeness (QED) is 0.276. The van der Waals surface area contributed by atoms with Gasteiger partial charge in [0.1, 0.15) is 24.1 Å². The van der Waals surface area contributed by atoms with Gasteiger partial charge in [-0.2, -0.15) is 0 Å². The van der Waals surface area contributed by atoms with Crippen LogP contribution >= 0.6 is 0 Å². The largest absolute Gasteiger partial charge is 0.479 e. The van der Waals surface area contributed by atoms with E-state index in [4.69, 9.17) is 9.47 Å². The maximum Gasteiger partial charge on any atom is 0.335 e. The fourth-order valence-electron chi connectivity index (χ4n) is 9.31. The molecule has 0 aromatic heterocycles. The molecular formula is C27H42O10. The van der Waals surface area contributed by atoms with E-state index in [1.165, 1.54) is 0 Å². The predicted molar refractivity (Wildman–Crippen MR) is 128 cm³/mol. The minimum atomic E-state index is -1.76. The number of Topliss-reactive ketones (excluding diaryl/α,β-unsaturated/α-hetero) is 1. The van der Waals surface area contributed by atoms with Crippen molar-refractivity contribution in [3.63, 3.8) is 0 Å². The summed E-state index contributed by atoms with van der Waals surface area (Å²) in [6.07, 6.45) is -3.13. The van der Waals surface area contributed by atoms with E-state index >= 15 is 0 Å².